The van der Waals surface area contributed by atoms with Crippen LogP contribution >= 0.6 is 0 Å². The molecule has 4 heteroatoms. The van der Waals surface area contributed by atoms with Gasteiger partial charge in [0.25, 0.3) is 0 Å². The molecule has 0 spiro atoms. The summed E-state index contributed by atoms with van der Waals surface area (Å²) >= 11 is 0. The Kier molecular flexibility index (Phi) is 5.33. The minimum Gasteiger partial charge on any atom is -0.505 e. The second-order valence-corrected chi connectivity index (χ2v) is 3.99. The smallest absolute Gasteiger partial charge is 0.339 e. The maximum Gasteiger partial charge on any atom is 0.339 e. The van der Waals surface area contributed by atoms with Crippen molar-refractivity contribution < 1.29 is 15.0 Å². The monoisotopic (exact) mass is 237 g/mol. The number of aromatic carboxylic acids is 1. The molecule has 94 valence electrons. The fourth-order valence-corrected chi connectivity index (χ4v) is 1.63. The van der Waals surface area contributed by atoms with Gasteiger partial charge in [-0.25, -0.2) is 4.79 Å². The predicted molar refractivity (Wildman–Crippen MR) is 67.7 cm³/mol. The number of aromatic hydroxyl groups is 1. The number of hydrogen-bond donors (Lipinski definition) is 3. The number of para-hydroxylation sites is 1. The fourth-order valence-electron chi connectivity index (χ4n) is 1.63. The molecule has 0 unspecified atom stereocenters. The first-order chi connectivity index (χ1) is 8.16. The Hall–Kier alpha value is -1.71. The van der Waals surface area contributed by atoms with E-state index in [9.17, 15) is 9.90 Å². The van der Waals surface area contributed by atoms with Crippen molar-refractivity contribution in [3.63, 3.8) is 0 Å². The van der Waals surface area contributed by atoms with Crippen LogP contribution in [0.4, 0.5) is 5.69 Å². The molecule has 1 aromatic rings. The molecule has 4 nitrogen and oxygen atoms in total. The van der Waals surface area contributed by atoms with E-state index in [1.165, 1.54) is 18.9 Å². The summed E-state index contributed by atoms with van der Waals surface area (Å²) in [4.78, 5) is 10.8. The van der Waals surface area contributed by atoms with Gasteiger partial charge in [-0.05, 0) is 18.6 Å². The molecule has 17 heavy (non-hydrogen) atoms. The molecule has 0 saturated carbocycles. The molecule has 0 fully saturated rings. The molecule has 0 heterocycles. The standard InChI is InChI=1S/C13H19NO3/c1-2-3-4-5-9-14-11-8-6-7-10(12(11)15)13(16)17/h6-8,14-15H,2-5,9H2,1H3,(H,16,17). The van der Waals surface area contributed by atoms with E-state index < -0.39 is 5.97 Å². The number of carboxylic acids is 1. The fraction of sp³-hybridized carbons (Fsp3) is 0.462. The molecule has 0 aromatic heterocycles. The van der Waals surface area contributed by atoms with Crippen molar-refractivity contribution in [2.75, 3.05) is 11.9 Å². The summed E-state index contributed by atoms with van der Waals surface area (Å²) in [6.07, 6.45) is 4.54. The van der Waals surface area contributed by atoms with Crippen LogP contribution in [0.2, 0.25) is 0 Å². The van der Waals surface area contributed by atoms with E-state index in [0.717, 1.165) is 19.4 Å². The highest BCUT2D eigenvalue weighted by molar-refractivity contribution is 5.93. The molecular formula is C13H19NO3. The third kappa shape index (κ3) is 3.98. The third-order valence-corrected chi connectivity index (χ3v) is 2.61. The zero-order chi connectivity index (χ0) is 12.7. The highest BCUT2D eigenvalue weighted by Gasteiger charge is 2.12. The second-order valence-electron chi connectivity index (χ2n) is 3.99. The van der Waals surface area contributed by atoms with Gasteiger partial charge in [-0.3, -0.25) is 0 Å². The first-order valence-electron chi connectivity index (χ1n) is 5.96. The Morgan fingerprint density at radius 2 is 2.06 bits per heavy atom. The van der Waals surface area contributed by atoms with Crippen molar-refractivity contribution in [2.45, 2.75) is 32.6 Å². The van der Waals surface area contributed by atoms with Crippen LogP contribution < -0.4 is 5.32 Å². The average Bonchev–Trinajstić information content (AvgIpc) is 2.30. The van der Waals surface area contributed by atoms with Crippen molar-refractivity contribution in [3.05, 3.63) is 23.8 Å². The predicted octanol–water partition coefficient (Wildman–Crippen LogP) is 3.08. The lowest BCUT2D eigenvalue weighted by Crippen LogP contribution is -2.04. The molecule has 0 amide bonds. The zero-order valence-corrected chi connectivity index (χ0v) is 10.1. The largest absolute Gasteiger partial charge is 0.505 e. The lowest BCUT2D eigenvalue weighted by molar-refractivity contribution is 0.0694. The molecule has 0 radical (unpaired) electrons. The van der Waals surface area contributed by atoms with Crippen molar-refractivity contribution >= 4 is 11.7 Å². The first-order valence-corrected chi connectivity index (χ1v) is 5.96. The molecular weight excluding hydrogens is 218 g/mol. The topological polar surface area (TPSA) is 69.6 Å². The van der Waals surface area contributed by atoms with Crippen LogP contribution in [0.15, 0.2) is 18.2 Å². The van der Waals surface area contributed by atoms with Gasteiger partial charge in [-0.1, -0.05) is 32.3 Å². The number of hydrogen-bond acceptors (Lipinski definition) is 3. The van der Waals surface area contributed by atoms with Crippen molar-refractivity contribution in [2.24, 2.45) is 0 Å². The Morgan fingerprint density at radius 3 is 2.71 bits per heavy atom. The van der Waals surface area contributed by atoms with E-state index in [-0.39, 0.29) is 11.3 Å². The van der Waals surface area contributed by atoms with Gasteiger partial charge in [0.05, 0.1) is 5.69 Å². The number of phenols is 1. The van der Waals surface area contributed by atoms with Crippen molar-refractivity contribution in [1.82, 2.24) is 0 Å². The number of carboxylic acid groups (broad SMARTS) is 1. The van der Waals surface area contributed by atoms with Gasteiger partial charge < -0.3 is 15.5 Å². The van der Waals surface area contributed by atoms with Crippen LogP contribution in [0, 0.1) is 0 Å². The molecule has 1 rings (SSSR count). The summed E-state index contributed by atoms with van der Waals surface area (Å²) in [6, 6.07) is 4.69. The van der Waals surface area contributed by atoms with Crippen LogP contribution in [0.1, 0.15) is 43.0 Å². The van der Waals surface area contributed by atoms with E-state index in [4.69, 9.17) is 5.11 Å². The maximum absolute atomic E-state index is 10.8. The van der Waals surface area contributed by atoms with Crippen molar-refractivity contribution in [3.8, 4) is 5.75 Å². The van der Waals surface area contributed by atoms with Gasteiger partial charge >= 0.3 is 5.97 Å². The number of carbonyl (C=O) groups is 1. The lowest BCUT2D eigenvalue weighted by atomic mass is 10.1. The van der Waals surface area contributed by atoms with Crippen LogP contribution in [-0.2, 0) is 0 Å². The normalized spacial score (nSPS) is 10.2. The van der Waals surface area contributed by atoms with Crippen LogP contribution in [0.25, 0.3) is 0 Å². The Bertz CT molecular complexity index is 377. The summed E-state index contributed by atoms with van der Waals surface area (Å²) in [6.45, 7) is 2.90. The van der Waals surface area contributed by atoms with Gasteiger partial charge in [-0.15, -0.1) is 0 Å². The number of benzene rings is 1. The lowest BCUT2D eigenvalue weighted by Gasteiger charge is -2.09. The molecule has 0 aliphatic heterocycles. The van der Waals surface area contributed by atoms with Gasteiger partial charge in [0.1, 0.15) is 5.56 Å². The van der Waals surface area contributed by atoms with Gasteiger partial charge in [0.15, 0.2) is 5.75 Å². The van der Waals surface area contributed by atoms with Gasteiger partial charge in [0.2, 0.25) is 0 Å². The average molecular weight is 237 g/mol. The van der Waals surface area contributed by atoms with Gasteiger partial charge in [-0.2, -0.15) is 0 Å². The summed E-state index contributed by atoms with van der Waals surface area (Å²) in [5.41, 5.74) is 0.421. The van der Waals surface area contributed by atoms with E-state index in [2.05, 4.69) is 12.2 Å². The number of anilines is 1. The van der Waals surface area contributed by atoms with E-state index in [0.29, 0.717) is 5.69 Å². The van der Waals surface area contributed by atoms with Crippen LogP contribution in [0.3, 0.4) is 0 Å². The Balaban J connectivity index is 2.54. The Morgan fingerprint density at radius 1 is 1.29 bits per heavy atom. The SMILES string of the molecule is CCCCCCNc1cccc(C(=O)O)c1O. The van der Waals surface area contributed by atoms with Crippen LogP contribution in [0.5, 0.6) is 5.75 Å². The Labute approximate surface area is 101 Å². The van der Waals surface area contributed by atoms with Crippen LogP contribution in [-0.4, -0.2) is 22.7 Å². The summed E-state index contributed by atoms with van der Waals surface area (Å²) in [5.74, 6) is -1.30. The summed E-state index contributed by atoms with van der Waals surface area (Å²) < 4.78 is 0. The molecule has 0 aliphatic rings. The molecule has 0 saturated heterocycles. The van der Waals surface area contributed by atoms with E-state index >= 15 is 0 Å². The number of nitrogens with one attached hydrogen (secondary N) is 1. The molecule has 3 N–H and O–H groups in total. The number of unbranched alkanes of at least 4 members (excludes halogenated alkanes) is 3. The quantitative estimate of drug-likeness (QED) is 0.503. The maximum atomic E-state index is 10.8. The summed E-state index contributed by atoms with van der Waals surface area (Å²) in [5, 5.41) is 21.6. The molecule has 0 aliphatic carbocycles. The van der Waals surface area contributed by atoms with Crippen molar-refractivity contribution in [1.29, 1.82) is 0 Å². The third-order valence-electron chi connectivity index (χ3n) is 2.61. The van der Waals surface area contributed by atoms with E-state index in [1.807, 2.05) is 0 Å². The molecule has 0 bridgehead atoms. The molecule has 0 atom stereocenters. The summed E-state index contributed by atoms with van der Waals surface area (Å²) in [7, 11) is 0. The minimum atomic E-state index is -1.11. The highest BCUT2D eigenvalue weighted by atomic mass is 16.4. The molecule has 1 aromatic carbocycles. The minimum absolute atomic E-state index is 0.0661. The second kappa shape index (κ2) is 6.78. The highest BCUT2D eigenvalue weighted by Crippen LogP contribution is 2.27. The van der Waals surface area contributed by atoms with E-state index in [1.54, 1.807) is 12.1 Å². The van der Waals surface area contributed by atoms with Gasteiger partial charge in [0, 0.05) is 6.54 Å². The first kappa shape index (κ1) is 13.4. The zero-order valence-electron chi connectivity index (χ0n) is 10.1. The number of rotatable bonds is 7.